The minimum Gasteiger partial charge on any atom is -0.494 e. The molecule has 15 heavy (non-hydrogen) atoms. The molecule has 84 valence electrons. The number of ether oxygens (including phenoxy) is 1. The maximum atomic E-state index is 10.7. The fourth-order valence-electron chi connectivity index (χ4n) is 1.50. The Morgan fingerprint density at radius 2 is 2.13 bits per heavy atom. The van der Waals surface area contributed by atoms with Crippen molar-refractivity contribution >= 4 is 5.78 Å². The molecule has 2 heteroatoms. The first-order chi connectivity index (χ1) is 7.09. The molecule has 0 aromatic rings. The summed E-state index contributed by atoms with van der Waals surface area (Å²) in [7, 11) is 0. The average Bonchev–Trinajstić information content (AvgIpc) is 2.18. The second-order valence-electron chi connectivity index (χ2n) is 4.30. The number of allylic oxidation sites excluding steroid dienone is 3. The van der Waals surface area contributed by atoms with Gasteiger partial charge in [0, 0.05) is 6.42 Å². The van der Waals surface area contributed by atoms with Crippen LogP contribution in [0.25, 0.3) is 0 Å². The van der Waals surface area contributed by atoms with Crippen LogP contribution in [0.15, 0.2) is 24.0 Å². The van der Waals surface area contributed by atoms with Crippen LogP contribution in [0.1, 0.15) is 33.6 Å². The van der Waals surface area contributed by atoms with E-state index < -0.39 is 0 Å². The predicted octanol–water partition coefficient (Wildman–Crippen LogP) is 3.10. The highest BCUT2D eigenvalue weighted by Crippen LogP contribution is 2.22. The minimum atomic E-state index is 0.230. The molecule has 0 N–H and O–H groups in total. The van der Waals surface area contributed by atoms with E-state index in [1.807, 2.05) is 6.08 Å². The van der Waals surface area contributed by atoms with E-state index in [9.17, 15) is 4.79 Å². The van der Waals surface area contributed by atoms with E-state index in [0.29, 0.717) is 24.9 Å². The average molecular weight is 208 g/mol. The van der Waals surface area contributed by atoms with Gasteiger partial charge in [-0.25, -0.2) is 0 Å². The lowest BCUT2D eigenvalue weighted by Gasteiger charge is -2.19. The number of hydrogen-bond acceptors (Lipinski definition) is 2. The molecule has 0 amide bonds. The van der Waals surface area contributed by atoms with E-state index in [1.54, 1.807) is 6.92 Å². The number of carbonyl (C=O) groups is 1. The van der Waals surface area contributed by atoms with E-state index in [4.69, 9.17) is 4.74 Å². The molecular formula is C13H20O2. The van der Waals surface area contributed by atoms with Crippen molar-refractivity contribution in [2.75, 3.05) is 6.61 Å². The molecule has 0 unspecified atom stereocenters. The molecule has 2 nitrogen and oxygen atoms in total. The van der Waals surface area contributed by atoms with Crippen molar-refractivity contribution in [1.29, 1.82) is 0 Å². The smallest absolute Gasteiger partial charge is 0.129 e. The van der Waals surface area contributed by atoms with Crippen LogP contribution in [0.4, 0.5) is 0 Å². The molecule has 1 rings (SSSR count). The van der Waals surface area contributed by atoms with E-state index in [1.165, 1.54) is 0 Å². The van der Waals surface area contributed by atoms with Crippen molar-refractivity contribution in [3.05, 3.63) is 24.0 Å². The molecule has 1 aliphatic carbocycles. The summed E-state index contributed by atoms with van der Waals surface area (Å²) in [6.07, 6.45) is 7.77. The summed E-state index contributed by atoms with van der Waals surface area (Å²) in [5, 5.41) is 0. The van der Waals surface area contributed by atoms with Crippen molar-refractivity contribution in [2.24, 2.45) is 11.8 Å². The molecular weight excluding hydrogens is 188 g/mol. The number of Topliss-reactive ketones (excluding diaryl/α,β-unsaturated/α-hetero) is 1. The summed E-state index contributed by atoms with van der Waals surface area (Å²) in [5.74, 6) is 2.31. The Morgan fingerprint density at radius 1 is 1.40 bits per heavy atom. The third-order valence-electron chi connectivity index (χ3n) is 2.76. The third-order valence-corrected chi connectivity index (χ3v) is 2.76. The highest BCUT2D eigenvalue weighted by atomic mass is 16.5. The number of rotatable bonds is 5. The third kappa shape index (κ3) is 4.32. The summed E-state index contributed by atoms with van der Waals surface area (Å²) in [4.78, 5) is 10.7. The van der Waals surface area contributed by atoms with E-state index >= 15 is 0 Å². The quantitative estimate of drug-likeness (QED) is 0.649. The second kappa shape index (κ2) is 5.74. The summed E-state index contributed by atoms with van der Waals surface area (Å²) in [6, 6.07) is 0. The van der Waals surface area contributed by atoms with Gasteiger partial charge in [-0.15, -0.1) is 0 Å². The molecule has 0 radical (unpaired) electrons. The number of carbonyl (C=O) groups excluding carboxylic acids is 1. The van der Waals surface area contributed by atoms with Crippen LogP contribution in [-0.2, 0) is 9.53 Å². The molecule has 2 atom stereocenters. The van der Waals surface area contributed by atoms with Gasteiger partial charge < -0.3 is 9.53 Å². The van der Waals surface area contributed by atoms with Crippen LogP contribution in [0.2, 0.25) is 0 Å². The summed E-state index contributed by atoms with van der Waals surface area (Å²) in [5.41, 5.74) is 0. The topological polar surface area (TPSA) is 26.3 Å². The molecule has 0 saturated heterocycles. The van der Waals surface area contributed by atoms with Crippen LogP contribution >= 0.6 is 0 Å². The normalized spacial score (nSPS) is 24.9. The van der Waals surface area contributed by atoms with E-state index in [-0.39, 0.29) is 5.78 Å². The first-order valence-electron chi connectivity index (χ1n) is 5.62. The van der Waals surface area contributed by atoms with Gasteiger partial charge in [0.05, 0.1) is 6.61 Å². The van der Waals surface area contributed by atoms with Gasteiger partial charge in [0.15, 0.2) is 0 Å². The molecule has 0 heterocycles. The van der Waals surface area contributed by atoms with Gasteiger partial charge in [0.2, 0.25) is 0 Å². The molecule has 0 fully saturated rings. The number of hydrogen-bond donors (Lipinski definition) is 0. The molecule has 1 aliphatic rings. The molecule has 0 aliphatic heterocycles. The Kier molecular flexibility index (Phi) is 4.60. The second-order valence-corrected chi connectivity index (χ2v) is 4.30. The zero-order valence-electron chi connectivity index (χ0n) is 9.82. The van der Waals surface area contributed by atoms with Crippen molar-refractivity contribution in [3.8, 4) is 0 Å². The summed E-state index contributed by atoms with van der Waals surface area (Å²) < 4.78 is 5.57. The lowest BCUT2D eigenvalue weighted by Crippen LogP contribution is -2.08. The van der Waals surface area contributed by atoms with Crippen LogP contribution in [0, 0.1) is 11.8 Å². The predicted molar refractivity (Wildman–Crippen MR) is 61.4 cm³/mol. The van der Waals surface area contributed by atoms with Gasteiger partial charge in [-0.2, -0.15) is 0 Å². The van der Waals surface area contributed by atoms with Crippen LogP contribution in [0.3, 0.4) is 0 Å². The zero-order chi connectivity index (χ0) is 11.3. The van der Waals surface area contributed by atoms with Crippen LogP contribution in [-0.4, -0.2) is 12.4 Å². The van der Waals surface area contributed by atoms with Crippen LogP contribution < -0.4 is 0 Å². The Morgan fingerprint density at radius 3 is 2.73 bits per heavy atom. The molecule has 0 aromatic carbocycles. The van der Waals surface area contributed by atoms with Gasteiger partial charge >= 0.3 is 0 Å². The lowest BCUT2D eigenvalue weighted by atomic mass is 9.91. The highest BCUT2D eigenvalue weighted by Gasteiger charge is 2.12. The van der Waals surface area contributed by atoms with Crippen molar-refractivity contribution in [1.82, 2.24) is 0 Å². The first-order valence-corrected chi connectivity index (χ1v) is 5.62. The summed E-state index contributed by atoms with van der Waals surface area (Å²) in [6.45, 7) is 6.64. The Hall–Kier alpha value is -1.05. The molecule has 0 aromatic heterocycles. The van der Waals surface area contributed by atoms with Crippen molar-refractivity contribution < 1.29 is 9.53 Å². The van der Waals surface area contributed by atoms with Gasteiger partial charge in [-0.3, -0.25) is 0 Å². The number of ketones is 1. The van der Waals surface area contributed by atoms with Gasteiger partial charge in [0.1, 0.15) is 11.5 Å². The fraction of sp³-hybridized carbons (Fsp3) is 0.615. The standard InChI is InChI=1S/C13H20O2/c1-10-6-7-13(9-11(10)2)15-8-4-5-12(3)14/h6-7,9-11H,4-5,8H2,1-3H3/t10-,11+/m0/s1. The van der Waals surface area contributed by atoms with Crippen LogP contribution in [0.5, 0.6) is 0 Å². The maximum Gasteiger partial charge on any atom is 0.129 e. The fourth-order valence-corrected chi connectivity index (χ4v) is 1.50. The summed E-state index contributed by atoms with van der Waals surface area (Å²) >= 11 is 0. The zero-order valence-corrected chi connectivity index (χ0v) is 9.82. The maximum absolute atomic E-state index is 10.7. The van der Waals surface area contributed by atoms with Gasteiger partial charge in [-0.1, -0.05) is 19.9 Å². The van der Waals surface area contributed by atoms with Gasteiger partial charge in [0.25, 0.3) is 0 Å². The van der Waals surface area contributed by atoms with Crippen molar-refractivity contribution in [3.63, 3.8) is 0 Å². The Bertz CT molecular complexity index is 276. The van der Waals surface area contributed by atoms with E-state index in [0.717, 1.165) is 12.2 Å². The first kappa shape index (κ1) is 12.0. The Labute approximate surface area is 92.0 Å². The molecule has 0 spiro atoms. The molecule has 0 bridgehead atoms. The molecule has 0 saturated carbocycles. The van der Waals surface area contributed by atoms with E-state index in [2.05, 4.69) is 26.0 Å². The monoisotopic (exact) mass is 208 g/mol. The Balaban J connectivity index is 2.25. The SMILES string of the molecule is CC(=O)CCCOC1=C[C@@H](C)[C@@H](C)C=C1. The largest absolute Gasteiger partial charge is 0.494 e. The van der Waals surface area contributed by atoms with Gasteiger partial charge in [-0.05, 0) is 37.3 Å². The lowest BCUT2D eigenvalue weighted by molar-refractivity contribution is -0.117. The highest BCUT2D eigenvalue weighted by molar-refractivity contribution is 5.75. The minimum absolute atomic E-state index is 0.230. The van der Waals surface area contributed by atoms with Crippen molar-refractivity contribution in [2.45, 2.75) is 33.6 Å².